The number of hydrogen-bond donors (Lipinski definition) is 1. The van der Waals surface area contributed by atoms with Crippen LogP contribution in [0.4, 0.5) is 0 Å². The lowest BCUT2D eigenvalue weighted by Gasteiger charge is -2.32. The zero-order chi connectivity index (χ0) is 13.1. The predicted octanol–water partition coefficient (Wildman–Crippen LogP) is 1.22. The normalized spacial score (nSPS) is 33.6. The first-order chi connectivity index (χ1) is 9.34. The van der Waals surface area contributed by atoms with Crippen molar-refractivity contribution in [2.45, 2.75) is 57.0 Å². The third kappa shape index (κ3) is 3.11. The number of nitrogens with zero attached hydrogens (tertiary/aromatic N) is 2. The van der Waals surface area contributed by atoms with Gasteiger partial charge in [-0.2, -0.15) is 0 Å². The van der Waals surface area contributed by atoms with Crippen LogP contribution in [0.15, 0.2) is 0 Å². The highest BCUT2D eigenvalue weighted by Crippen LogP contribution is 2.21. The second-order valence-electron chi connectivity index (χ2n) is 6.33. The lowest BCUT2D eigenvalue weighted by molar-refractivity contribution is -0.133. The first kappa shape index (κ1) is 13.4. The molecule has 1 amide bonds. The van der Waals surface area contributed by atoms with E-state index in [-0.39, 0.29) is 6.04 Å². The van der Waals surface area contributed by atoms with Crippen molar-refractivity contribution >= 4 is 5.91 Å². The summed E-state index contributed by atoms with van der Waals surface area (Å²) in [5.74, 6) is 0.360. The van der Waals surface area contributed by atoms with Gasteiger partial charge in [0.25, 0.3) is 0 Å². The molecule has 0 aromatic carbocycles. The Morgan fingerprint density at radius 2 is 1.79 bits per heavy atom. The van der Waals surface area contributed by atoms with Gasteiger partial charge in [-0.05, 0) is 51.7 Å². The van der Waals surface area contributed by atoms with E-state index in [9.17, 15) is 4.79 Å². The first-order valence-electron chi connectivity index (χ1n) is 8.11. The highest BCUT2D eigenvalue weighted by atomic mass is 16.2. The summed E-state index contributed by atoms with van der Waals surface area (Å²) in [6.45, 7) is 5.44. The summed E-state index contributed by atoms with van der Waals surface area (Å²) in [6.07, 6.45) is 8.70. The maximum atomic E-state index is 12.5. The molecule has 19 heavy (non-hydrogen) atoms. The molecule has 0 radical (unpaired) electrons. The molecule has 4 heteroatoms. The summed E-state index contributed by atoms with van der Waals surface area (Å²) in [7, 11) is 0. The zero-order valence-electron chi connectivity index (χ0n) is 11.9. The topological polar surface area (TPSA) is 35.6 Å². The molecule has 108 valence electrons. The van der Waals surface area contributed by atoms with E-state index in [0.29, 0.717) is 11.9 Å². The van der Waals surface area contributed by atoms with E-state index in [2.05, 4.69) is 15.1 Å². The van der Waals surface area contributed by atoms with Crippen molar-refractivity contribution < 1.29 is 4.79 Å². The summed E-state index contributed by atoms with van der Waals surface area (Å²) >= 11 is 0. The van der Waals surface area contributed by atoms with Crippen LogP contribution < -0.4 is 5.32 Å². The molecule has 3 rings (SSSR count). The number of nitrogens with one attached hydrogen (secondary N) is 1. The first-order valence-corrected chi connectivity index (χ1v) is 8.11. The van der Waals surface area contributed by atoms with E-state index >= 15 is 0 Å². The number of amides is 1. The molecular weight excluding hydrogens is 238 g/mol. The monoisotopic (exact) mass is 265 g/mol. The average molecular weight is 265 g/mol. The highest BCUT2D eigenvalue weighted by Gasteiger charge is 2.34. The van der Waals surface area contributed by atoms with Crippen LogP contribution in [0.25, 0.3) is 0 Å². The molecule has 0 bridgehead atoms. The van der Waals surface area contributed by atoms with Crippen LogP contribution in [0.1, 0.15) is 44.9 Å². The van der Waals surface area contributed by atoms with Gasteiger partial charge in [0, 0.05) is 19.1 Å². The molecule has 0 aromatic heterocycles. The number of piperidine rings is 2. The SMILES string of the molecule is O=C(C1CCCCN1)N1CCC(N2CCCCC2)C1. The van der Waals surface area contributed by atoms with Gasteiger partial charge in [0.05, 0.1) is 6.04 Å². The molecule has 1 N–H and O–H groups in total. The van der Waals surface area contributed by atoms with Crippen molar-refractivity contribution in [2.75, 3.05) is 32.7 Å². The molecule has 2 atom stereocenters. The Bertz CT molecular complexity index is 309. The Morgan fingerprint density at radius 1 is 0.947 bits per heavy atom. The Morgan fingerprint density at radius 3 is 2.53 bits per heavy atom. The molecule has 3 saturated heterocycles. The zero-order valence-corrected chi connectivity index (χ0v) is 11.9. The van der Waals surface area contributed by atoms with Crippen LogP contribution in [0.3, 0.4) is 0 Å². The maximum absolute atomic E-state index is 12.5. The largest absolute Gasteiger partial charge is 0.340 e. The van der Waals surface area contributed by atoms with Gasteiger partial charge in [-0.15, -0.1) is 0 Å². The minimum absolute atomic E-state index is 0.105. The van der Waals surface area contributed by atoms with Crippen LogP contribution in [0.2, 0.25) is 0 Å². The average Bonchev–Trinajstić information content (AvgIpc) is 2.98. The summed E-state index contributed by atoms with van der Waals surface area (Å²) in [4.78, 5) is 17.2. The number of hydrogen-bond acceptors (Lipinski definition) is 3. The molecule has 0 aromatic rings. The van der Waals surface area contributed by atoms with Gasteiger partial charge < -0.3 is 10.2 Å². The fourth-order valence-corrected chi connectivity index (χ4v) is 3.81. The van der Waals surface area contributed by atoms with Crippen LogP contribution in [-0.4, -0.2) is 60.5 Å². The van der Waals surface area contributed by atoms with E-state index in [1.807, 2.05) is 0 Å². The van der Waals surface area contributed by atoms with Gasteiger partial charge >= 0.3 is 0 Å². The molecule has 3 aliphatic rings. The van der Waals surface area contributed by atoms with Crippen LogP contribution in [0.5, 0.6) is 0 Å². The second kappa shape index (κ2) is 6.23. The van der Waals surface area contributed by atoms with Gasteiger partial charge in [-0.25, -0.2) is 0 Å². The summed E-state index contributed by atoms with van der Waals surface area (Å²) in [5, 5.41) is 3.39. The van der Waals surface area contributed by atoms with Gasteiger partial charge in [-0.1, -0.05) is 12.8 Å². The van der Waals surface area contributed by atoms with E-state index in [4.69, 9.17) is 0 Å². The smallest absolute Gasteiger partial charge is 0.239 e. The third-order valence-electron chi connectivity index (χ3n) is 4.99. The van der Waals surface area contributed by atoms with E-state index in [1.54, 1.807) is 0 Å². The molecule has 3 fully saturated rings. The van der Waals surface area contributed by atoms with Crippen molar-refractivity contribution in [3.63, 3.8) is 0 Å². The number of likely N-dealkylation sites (tertiary alicyclic amines) is 2. The highest BCUT2D eigenvalue weighted by molar-refractivity contribution is 5.82. The Kier molecular flexibility index (Phi) is 4.38. The fraction of sp³-hybridized carbons (Fsp3) is 0.933. The van der Waals surface area contributed by atoms with Crippen molar-refractivity contribution in [3.05, 3.63) is 0 Å². The number of carbonyl (C=O) groups is 1. The minimum Gasteiger partial charge on any atom is -0.340 e. The third-order valence-corrected chi connectivity index (χ3v) is 4.99. The Labute approximate surface area is 116 Å². The van der Waals surface area contributed by atoms with E-state index in [0.717, 1.165) is 26.1 Å². The Hall–Kier alpha value is -0.610. The van der Waals surface area contributed by atoms with Crippen molar-refractivity contribution in [1.29, 1.82) is 0 Å². The fourth-order valence-electron chi connectivity index (χ4n) is 3.81. The summed E-state index contributed by atoms with van der Waals surface area (Å²) < 4.78 is 0. The minimum atomic E-state index is 0.105. The van der Waals surface area contributed by atoms with Crippen LogP contribution >= 0.6 is 0 Å². The van der Waals surface area contributed by atoms with Crippen molar-refractivity contribution in [1.82, 2.24) is 15.1 Å². The van der Waals surface area contributed by atoms with Crippen molar-refractivity contribution in [2.24, 2.45) is 0 Å². The molecular formula is C15H27N3O. The van der Waals surface area contributed by atoms with Crippen LogP contribution in [-0.2, 0) is 4.79 Å². The number of carbonyl (C=O) groups excluding carboxylic acids is 1. The standard InChI is InChI=1S/C15H27N3O/c19-15(14-6-2-3-8-16-14)18-11-7-13(12-18)17-9-4-1-5-10-17/h13-14,16H,1-12H2. The Balaban J connectivity index is 1.51. The van der Waals surface area contributed by atoms with Gasteiger partial charge in [0.1, 0.15) is 0 Å². The quantitative estimate of drug-likeness (QED) is 0.815. The molecule has 3 heterocycles. The molecule has 0 saturated carbocycles. The van der Waals surface area contributed by atoms with E-state index < -0.39 is 0 Å². The maximum Gasteiger partial charge on any atom is 0.239 e. The van der Waals surface area contributed by atoms with E-state index in [1.165, 1.54) is 51.6 Å². The molecule has 0 spiro atoms. The lowest BCUT2D eigenvalue weighted by atomic mass is 10.0. The van der Waals surface area contributed by atoms with Gasteiger partial charge in [0.15, 0.2) is 0 Å². The summed E-state index contributed by atoms with van der Waals surface area (Å²) in [5.41, 5.74) is 0. The van der Waals surface area contributed by atoms with Gasteiger partial charge in [0.2, 0.25) is 5.91 Å². The molecule has 0 aliphatic carbocycles. The molecule has 3 aliphatic heterocycles. The summed E-state index contributed by atoms with van der Waals surface area (Å²) in [6, 6.07) is 0.738. The molecule has 2 unspecified atom stereocenters. The lowest BCUT2D eigenvalue weighted by Crippen LogP contribution is -2.49. The molecule has 4 nitrogen and oxygen atoms in total. The van der Waals surface area contributed by atoms with Crippen LogP contribution in [0, 0.1) is 0 Å². The number of rotatable bonds is 2. The predicted molar refractivity (Wildman–Crippen MR) is 76.1 cm³/mol. The second-order valence-corrected chi connectivity index (χ2v) is 6.33. The van der Waals surface area contributed by atoms with Crippen molar-refractivity contribution in [3.8, 4) is 0 Å². The van der Waals surface area contributed by atoms with Gasteiger partial charge in [-0.3, -0.25) is 9.69 Å².